The molecule has 0 spiro atoms. The van der Waals surface area contributed by atoms with Gasteiger partial charge in [0.15, 0.2) is 6.10 Å². The van der Waals surface area contributed by atoms with Crippen molar-refractivity contribution in [3.8, 4) is 0 Å². The Balaban J connectivity index is 2.00. The van der Waals surface area contributed by atoms with Crippen LogP contribution in [0.4, 0.5) is 5.69 Å². The smallest absolute Gasteiger partial charge is 0.349 e. The number of anilines is 1. The summed E-state index contributed by atoms with van der Waals surface area (Å²) in [5.74, 6) is -0.982. The van der Waals surface area contributed by atoms with Gasteiger partial charge in [-0.2, -0.15) is 0 Å². The molecular formula is C15H13Cl2NO3S. The number of amides is 1. The third-order valence-electron chi connectivity index (χ3n) is 2.89. The maximum absolute atomic E-state index is 12.1. The van der Waals surface area contributed by atoms with Crippen LogP contribution in [0.2, 0.25) is 10.0 Å². The summed E-state index contributed by atoms with van der Waals surface area (Å²) >= 11 is 13.0. The summed E-state index contributed by atoms with van der Waals surface area (Å²) in [5, 5.41) is 5.18. The van der Waals surface area contributed by atoms with Crippen molar-refractivity contribution in [3.05, 3.63) is 50.1 Å². The molecule has 2 aromatic rings. The van der Waals surface area contributed by atoms with E-state index < -0.39 is 18.0 Å². The minimum atomic E-state index is -0.944. The van der Waals surface area contributed by atoms with Crippen LogP contribution >= 0.6 is 34.5 Å². The molecule has 116 valence electrons. The minimum Gasteiger partial charge on any atom is -0.448 e. The summed E-state index contributed by atoms with van der Waals surface area (Å²) in [6, 6.07) is 6.53. The van der Waals surface area contributed by atoms with E-state index in [1.165, 1.54) is 24.3 Å². The van der Waals surface area contributed by atoms with E-state index in [0.29, 0.717) is 20.6 Å². The lowest BCUT2D eigenvalue weighted by atomic mass is 10.3. The van der Waals surface area contributed by atoms with E-state index in [1.807, 2.05) is 13.0 Å². The van der Waals surface area contributed by atoms with Gasteiger partial charge in [0.05, 0.1) is 10.7 Å². The van der Waals surface area contributed by atoms with Crippen LogP contribution in [0.3, 0.4) is 0 Å². The number of ether oxygens (including phenoxy) is 1. The maximum atomic E-state index is 12.1. The predicted molar refractivity (Wildman–Crippen MR) is 89.0 cm³/mol. The first-order chi connectivity index (χ1) is 10.4. The third kappa shape index (κ3) is 4.00. The molecule has 22 heavy (non-hydrogen) atoms. The lowest BCUT2D eigenvalue weighted by Crippen LogP contribution is -2.30. The topological polar surface area (TPSA) is 55.4 Å². The van der Waals surface area contributed by atoms with E-state index in [2.05, 4.69) is 5.32 Å². The van der Waals surface area contributed by atoms with E-state index >= 15 is 0 Å². The van der Waals surface area contributed by atoms with Crippen LogP contribution in [0.5, 0.6) is 0 Å². The lowest BCUT2D eigenvalue weighted by Gasteiger charge is -2.14. The molecule has 0 radical (unpaired) electrons. The molecule has 0 saturated heterocycles. The zero-order valence-electron chi connectivity index (χ0n) is 11.9. The number of hydrogen-bond acceptors (Lipinski definition) is 4. The number of nitrogens with one attached hydrogen (secondary N) is 1. The minimum absolute atomic E-state index is 0.313. The Morgan fingerprint density at radius 3 is 2.59 bits per heavy atom. The fraction of sp³-hybridized carbons (Fsp3) is 0.200. The van der Waals surface area contributed by atoms with Gasteiger partial charge in [0, 0.05) is 5.02 Å². The van der Waals surface area contributed by atoms with E-state index in [0.717, 1.165) is 5.56 Å². The normalized spacial score (nSPS) is 11.8. The zero-order valence-corrected chi connectivity index (χ0v) is 14.2. The van der Waals surface area contributed by atoms with Crippen LogP contribution in [0.1, 0.15) is 22.2 Å². The van der Waals surface area contributed by atoms with Crippen LogP contribution in [0.25, 0.3) is 0 Å². The molecule has 0 unspecified atom stereocenters. The van der Waals surface area contributed by atoms with Gasteiger partial charge in [0.2, 0.25) is 0 Å². The molecule has 0 aliphatic heterocycles. The molecule has 2 rings (SSSR count). The molecule has 1 heterocycles. The van der Waals surface area contributed by atoms with Crippen LogP contribution in [-0.2, 0) is 9.53 Å². The third-order valence-corrected chi connectivity index (χ3v) is 4.43. The second-order valence-corrected chi connectivity index (χ2v) is 6.35. The summed E-state index contributed by atoms with van der Waals surface area (Å²) in [7, 11) is 0. The van der Waals surface area contributed by atoms with E-state index in [1.54, 1.807) is 17.5 Å². The van der Waals surface area contributed by atoms with Crippen molar-refractivity contribution in [2.24, 2.45) is 0 Å². The summed E-state index contributed by atoms with van der Waals surface area (Å²) in [4.78, 5) is 24.5. The number of benzene rings is 1. The highest BCUT2D eigenvalue weighted by Gasteiger charge is 2.21. The Kier molecular flexibility index (Phi) is 5.45. The van der Waals surface area contributed by atoms with Gasteiger partial charge >= 0.3 is 5.97 Å². The number of hydrogen-bond donors (Lipinski definition) is 1. The maximum Gasteiger partial charge on any atom is 0.349 e. The molecule has 0 aliphatic rings. The molecule has 1 aromatic heterocycles. The van der Waals surface area contributed by atoms with E-state index in [-0.39, 0.29) is 0 Å². The quantitative estimate of drug-likeness (QED) is 0.816. The van der Waals surface area contributed by atoms with Gasteiger partial charge in [-0.15, -0.1) is 11.3 Å². The van der Waals surface area contributed by atoms with Gasteiger partial charge in [-0.25, -0.2) is 4.79 Å². The Hall–Kier alpha value is -1.56. The molecule has 0 aliphatic carbocycles. The average Bonchev–Trinajstić information content (AvgIpc) is 2.88. The average molecular weight is 358 g/mol. The number of carbonyl (C=O) groups excluding carboxylic acids is 2. The van der Waals surface area contributed by atoms with Crippen LogP contribution in [0.15, 0.2) is 29.6 Å². The van der Waals surface area contributed by atoms with Crippen LogP contribution in [0, 0.1) is 6.92 Å². The molecule has 1 amide bonds. The number of aryl methyl sites for hydroxylation is 1. The predicted octanol–water partition coefficient (Wildman–Crippen LogP) is 4.55. The molecule has 1 atom stereocenters. The second-order valence-electron chi connectivity index (χ2n) is 4.59. The SMILES string of the molecule is Cc1ccsc1C(=O)O[C@H](C)C(=O)Nc1ccc(Cl)cc1Cl. The van der Waals surface area contributed by atoms with E-state index in [9.17, 15) is 9.59 Å². The number of esters is 1. The van der Waals surface area contributed by atoms with Crippen molar-refractivity contribution in [1.29, 1.82) is 0 Å². The lowest BCUT2D eigenvalue weighted by molar-refractivity contribution is -0.123. The fourth-order valence-corrected chi connectivity index (χ4v) is 2.94. The van der Waals surface area contributed by atoms with Crippen LogP contribution in [-0.4, -0.2) is 18.0 Å². The molecule has 1 aromatic carbocycles. The van der Waals surface area contributed by atoms with Crippen molar-refractivity contribution in [3.63, 3.8) is 0 Å². The summed E-state index contributed by atoms with van der Waals surface area (Å²) < 4.78 is 5.16. The number of halogens is 2. The Bertz CT molecular complexity index is 715. The van der Waals surface area contributed by atoms with Gasteiger partial charge in [0.1, 0.15) is 4.88 Å². The Morgan fingerprint density at radius 2 is 2.00 bits per heavy atom. The zero-order chi connectivity index (χ0) is 16.3. The fourth-order valence-electron chi connectivity index (χ4n) is 1.67. The molecule has 4 nitrogen and oxygen atoms in total. The van der Waals surface area contributed by atoms with Gasteiger partial charge in [0.25, 0.3) is 5.91 Å². The molecule has 7 heteroatoms. The highest BCUT2D eigenvalue weighted by molar-refractivity contribution is 7.12. The molecule has 1 N–H and O–H groups in total. The molecule has 0 bridgehead atoms. The van der Waals surface area contributed by atoms with Crippen molar-refractivity contribution < 1.29 is 14.3 Å². The first-order valence-corrected chi connectivity index (χ1v) is 8.03. The van der Waals surface area contributed by atoms with Crippen molar-refractivity contribution in [2.45, 2.75) is 20.0 Å². The Morgan fingerprint density at radius 1 is 1.27 bits per heavy atom. The molecule has 0 saturated carbocycles. The summed E-state index contributed by atoms with van der Waals surface area (Å²) in [6.07, 6.45) is -0.944. The second kappa shape index (κ2) is 7.13. The molecule has 0 fully saturated rings. The first kappa shape index (κ1) is 16.8. The number of carbonyl (C=O) groups is 2. The highest BCUT2D eigenvalue weighted by Crippen LogP contribution is 2.25. The highest BCUT2D eigenvalue weighted by atomic mass is 35.5. The van der Waals surface area contributed by atoms with E-state index in [4.69, 9.17) is 27.9 Å². The van der Waals surface area contributed by atoms with Crippen molar-refractivity contribution >= 4 is 52.1 Å². The first-order valence-electron chi connectivity index (χ1n) is 6.39. The molecular weight excluding hydrogens is 345 g/mol. The summed E-state index contributed by atoms with van der Waals surface area (Å²) in [6.45, 7) is 3.31. The largest absolute Gasteiger partial charge is 0.448 e. The van der Waals surface area contributed by atoms with Crippen LogP contribution < -0.4 is 5.32 Å². The van der Waals surface area contributed by atoms with Crippen molar-refractivity contribution in [1.82, 2.24) is 0 Å². The van der Waals surface area contributed by atoms with Gasteiger partial charge in [-0.3, -0.25) is 4.79 Å². The van der Waals surface area contributed by atoms with Crippen molar-refractivity contribution in [2.75, 3.05) is 5.32 Å². The number of rotatable bonds is 4. The van der Waals surface area contributed by atoms with Gasteiger partial charge in [-0.1, -0.05) is 23.2 Å². The monoisotopic (exact) mass is 357 g/mol. The standard InChI is InChI=1S/C15H13Cl2NO3S/c1-8-5-6-22-13(8)15(20)21-9(2)14(19)18-12-4-3-10(16)7-11(12)17/h3-7,9H,1-2H3,(H,18,19)/t9-/m1/s1. The summed E-state index contributed by atoms with van der Waals surface area (Å²) in [5.41, 5.74) is 1.23. The van der Waals surface area contributed by atoms with Gasteiger partial charge < -0.3 is 10.1 Å². The number of thiophene rings is 1. The Labute approximate surface area is 142 Å². The van der Waals surface area contributed by atoms with Gasteiger partial charge in [-0.05, 0) is 49.1 Å².